The second kappa shape index (κ2) is 7.22. The van der Waals surface area contributed by atoms with Crippen molar-refractivity contribution in [2.24, 2.45) is 10.2 Å². The molecular weight excluding hydrogens is 282 g/mol. The Morgan fingerprint density at radius 2 is 2.10 bits per heavy atom. The van der Waals surface area contributed by atoms with Crippen LogP contribution in [0.4, 0.5) is 0 Å². The average molecular weight is 301 g/mol. The van der Waals surface area contributed by atoms with Crippen LogP contribution >= 0.6 is 11.8 Å². The molecule has 1 aliphatic rings. The van der Waals surface area contributed by atoms with E-state index >= 15 is 0 Å². The summed E-state index contributed by atoms with van der Waals surface area (Å²) in [7, 11) is 0. The van der Waals surface area contributed by atoms with Crippen molar-refractivity contribution in [3.63, 3.8) is 0 Å². The molecule has 1 N–H and O–H groups in total. The Kier molecular flexibility index (Phi) is 5.33. The standard InChI is InChI=1S/C16H19N3OS/c1-4-5-14-15(20)18-16(21-14)19-17-10-12-6-8-13(9-7-12)11(2)3/h4,6-11,14H,1,5H2,2-3H3,(H,18,19,20)/b17-10-. The molecule has 1 saturated heterocycles. The number of nitrogens with zero attached hydrogens (tertiary/aromatic N) is 2. The number of hydrogen-bond acceptors (Lipinski definition) is 4. The van der Waals surface area contributed by atoms with Gasteiger partial charge in [-0.1, -0.05) is 56.0 Å². The van der Waals surface area contributed by atoms with Gasteiger partial charge in [0.15, 0.2) is 5.17 Å². The van der Waals surface area contributed by atoms with Crippen LogP contribution < -0.4 is 5.32 Å². The molecule has 1 fully saturated rings. The van der Waals surface area contributed by atoms with Crippen LogP contribution in [0.25, 0.3) is 0 Å². The normalized spacial score (nSPS) is 20.4. The van der Waals surface area contributed by atoms with E-state index in [1.807, 2.05) is 12.1 Å². The van der Waals surface area contributed by atoms with Crippen LogP contribution in [-0.4, -0.2) is 22.5 Å². The van der Waals surface area contributed by atoms with E-state index in [9.17, 15) is 4.79 Å². The van der Waals surface area contributed by atoms with Crippen molar-refractivity contribution >= 4 is 29.1 Å². The molecule has 0 spiro atoms. The van der Waals surface area contributed by atoms with Crippen molar-refractivity contribution in [3.8, 4) is 0 Å². The number of amidine groups is 1. The van der Waals surface area contributed by atoms with E-state index in [0.717, 1.165) is 5.56 Å². The summed E-state index contributed by atoms with van der Waals surface area (Å²) in [5.41, 5.74) is 2.28. The maximum Gasteiger partial charge on any atom is 0.239 e. The van der Waals surface area contributed by atoms with Crippen LogP contribution in [0.3, 0.4) is 0 Å². The van der Waals surface area contributed by atoms with E-state index in [1.165, 1.54) is 17.3 Å². The van der Waals surface area contributed by atoms with Crippen LogP contribution in [0, 0.1) is 0 Å². The topological polar surface area (TPSA) is 53.8 Å². The molecule has 1 aromatic carbocycles. The number of nitrogens with one attached hydrogen (secondary N) is 1. The number of hydrogen-bond donors (Lipinski definition) is 1. The summed E-state index contributed by atoms with van der Waals surface area (Å²) in [5, 5.41) is 11.2. The highest BCUT2D eigenvalue weighted by atomic mass is 32.2. The molecule has 1 unspecified atom stereocenters. The van der Waals surface area contributed by atoms with Crippen LogP contribution in [0.15, 0.2) is 47.1 Å². The van der Waals surface area contributed by atoms with Crippen molar-refractivity contribution in [2.45, 2.75) is 31.4 Å². The minimum atomic E-state index is -0.137. The van der Waals surface area contributed by atoms with Gasteiger partial charge < -0.3 is 5.32 Å². The summed E-state index contributed by atoms with van der Waals surface area (Å²) >= 11 is 1.39. The van der Waals surface area contributed by atoms with Crippen molar-refractivity contribution < 1.29 is 4.79 Å². The molecule has 0 aliphatic carbocycles. The van der Waals surface area contributed by atoms with Gasteiger partial charge in [0, 0.05) is 0 Å². The Labute approximate surface area is 129 Å². The molecule has 2 rings (SSSR count). The van der Waals surface area contributed by atoms with Gasteiger partial charge in [-0.05, 0) is 23.5 Å². The number of allylic oxidation sites excluding steroid dienone is 1. The van der Waals surface area contributed by atoms with Crippen LogP contribution in [0.5, 0.6) is 0 Å². The molecule has 1 amide bonds. The number of carbonyl (C=O) groups excluding carboxylic acids is 1. The van der Waals surface area contributed by atoms with Crippen LogP contribution in [-0.2, 0) is 4.79 Å². The Morgan fingerprint density at radius 3 is 2.71 bits per heavy atom. The third-order valence-corrected chi connectivity index (χ3v) is 4.21. The first kappa shape index (κ1) is 15.5. The fourth-order valence-corrected chi connectivity index (χ4v) is 2.80. The van der Waals surface area contributed by atoms with Gasteiger partial charge in [0.25, 0.3) is 0 Å². The lowest BCUT2D eigenvalue weighted by molar-refractivity contribution is -0.118. The zero-order valence-corrected chi connectivity index (χ0v) is 13.1. The van der Waals surface area contributed by atoms with E-state index in [-0.39, 0.29) is 11.2 Å². The summed E-state index contributed by atoms with van der Waals surface area (Å²) < 4.78 is 0. The zero-order valence-electron chi connectivity index (χ0n) is 12.2. The van der Waals surface area contributed by atoms with Gasteiger partial charge in [0.1, 0.15) is 0 Å². The molecule has 1 atom stereocenters. The molecule has 0 radical (unpaired) electrons. The smallest absolute Gasteiger partial charge is 0.239 e. The lowest BCUT2D eigenvalue weighted by Crippen LogP contribution is -2.24. The van der Waals surface area contributed by atoms with Gasteiger partial charge in [-0.15, -0.1) is 11.7 Å². The fraction of sp³-hybridized carbons (Fsp3) is 0.312. The fourth-order valence-electron chi connectivity index (χ4n) is 1.87. The molecule has 0 aromatic heterocycles. The minimum Gasteiger partial charge on any atom is -0.303 e. The number of rotatable bonds is 5. The lowest BCUT2D eigenvalue weighted by Gasteiger charge is -2.03. The van der Waals surface area contributed by atoms with Gasteiger partial charge in [0.2, 0.25) is 5.91 Å². The lowest BCUT2D eigenvalue weighted by atomic mass is 10.0. The minimum absolute atomic E-state index is 0.0323. The van der Waals surface area contributed by atoms with E-state index in [2.05, 4.69) is 48.1 Å². The van der Waals surface area contributed by atoms with Gasteiger partial charge in [-0.25, -0.2) is 0 Å². The number of carbonyl (C=O) groups is 1. The van der Waals surface area contributed by atoms with Gasteiger partial charge in [-0.3, -0.25) is 4.79 Å². The number of benzene rings is 1. The molecule has 1 aliphatic heterocycles. The molecule has 21 heavy (non-hydrogen) atoms. The SMILES string of the molecule is C=CCC1S/C(=N\N=C/c2ccc(C(C)C)cc2)NC1=O. The quantitative estimate of drug-likeness (QED) is 0.515. The summed E-state index contributed by atoms with van der Waals surface area (Å²) in [6.07, 6.45) is 4.06. The van der Waals surface area contributed by atoms with Crippen molar-refractivity contribution in [2.75, 3.05) is 0 Å². The van der Waals surface area contributed by atoms with E-state index in [0.29, 0.717) is 17.5 Å². The van der Waals surface area contributed by atoms with E-state index in [1.54, 1.807) is 12.3 Å². The Hall–Kier alpha value is -1.88. The predicted molar refractivity (Wildman–Crippen MR) is 89.9 cm³/mol. The molecule has 1 heterocycles. The summed E-state index contributed by atoms with van der Waals surface area (Å²) in [6.45, 7) is 7.96. The Morgan fingerprint density at radius 1 is 1.38 bits per heavy atom. The Bertz CT molecular complexity index is 576. The van der Waals surface area contributed by atoms with Crippen molar-refractivity contribution in [1.82, 2.24) is 5.32 Å². The first-order valence-electron chi connectivity index (χ1n) is 6.89. The predicted octanol–water partition coefficient (Wildman–Crippen LogP) is 3.31. The molecule has 110 valence electrons. The number of amides is 1. The van der Waals surface area contributed by atoms with Gasteiger partial charge >= 0.3 is 0 Å². The first-order valence-corrected chi connectivity index (χ1v) is 7.77. The Balaban J connectivity index is 1.97. The highest BCUT2D eigenvalue weighted by Crippen LogP contribution is 2.22. The first-order chi connectivity index (χ1) is 10.1. The highest BCUT2D eigenvalue weighted by Gasteiger charge is 2.28. The van der Waals surface area contributed by atoms with Gasteiger partial charge in [-0.2, -0.15) is 5.10 Å². The van der Waals surface area contributed by atoms with Crippen LogP contribution in [0.2, 0.25) is 0 Å². The maximum absolute atomic E-state index is 11.6. The molecular formula is C16H19N3OS. The van der Waals surface area contributed by atoms with E-state index < -0.39 is 0 Å². The number of thioether (sulfide) groups is 1. The third-order valence-electron chi connectivity index (χ3n) is 3.12. The zero-order chi connectivity index (χ0) is 15.2. The second-order valence-electron chi connectivity index (χ2n) is 5.09. The summed E-state index contributed by atoms with van der Waals surface area (Å²) in [5.74, 6) is 0.485. The van der Waals surface area contributed by atoms with E-state index in [4.69, 9.17) is 0 Å². The monoisotopic (exact) mass is 301 g/mol. The molecule has 5 heteroatoms. The largest absolute Gasteiger partial charge is 0.303 e. The van der Waals surface area contributed by atoms with Crippen LogP contribution in [0.1, 0.15) is 37.3 Å². The van der Waals surface area contributed by atoms with Crippen molar-refractivity contribution in [3.05, 3.63) is 48.0 Å². The molecule has 0 bridgehead atoms. The molecule has 1 aromatic rings. The summed E-state index contributed by atoms with van der Waals surface area (Å²) in [6, 6.07) is 8.20. The second-order valence-corrected chi connectivity index (χ2v) is 6.28. The summed E-state index contributed by atoms with van der Waals surface area (Å²) in [4.78, 5) is 11.6. The average Bonchev–Trinajstić information content (AvgIpc) is 2.80. The molecule has 4 nitrogen and oxygen atoms in total. The molecule has 0 saturated carbocycles. The van der Waals surface area contributed by atoms with Crippen molar-refractivity contribution in [1.29, 1.82) is 0 Å². The maximum atomic E-state index is 11.6. The van der Waals surface area contributed by atoms with Gasteiger partial charge in [0.05, 0.1) is 11.5 Å². The third kappa shape index (κ3) is 4.29. The highest BCUT2D eigenvalue weighted by molar-refractivity contribution is 8.15.